The summed E-state index contributed by atoms with van der Waals surface area (Å²) < 4.78 is 5.75. The maximum absolute atomic E-state index is 5.75. The summed E-state index contributed by atoms with van der Waals surface area (Å²) in [5.41, 5.74) is 0.00625. The lowest BCUT2D eigenvalue weighted by molar-refractivity contribution is -0.0623. The van der Waals surface area contributed by atoms with Crippen molar-refractivity contribution in [1.82, 2.24) is 4.90 Å². The zero-order valence-corrected chi connectivity index (χ0v) is 9.31. The predicted octanol–water partition coefficient (Wildman–Crippen LogP) is 2.64. The summed E-state index contributed by atoms with van der Waals surface area (Å²) in [5.74, 6) is 0. The van der Waals surface area contributed by atoms with Crippen LogP contribution in [0.1, 0.15) is 46.5 Å². The highest BCUT2D eigenvalue weighted by Crippen LogP contribution is 2.12. The summed E-state index contributed by atoms with van der Waals surface area (Å²) in [6.45, 7) is 9.59. The Morgan fingerprint density at radius 3 is 2.00 bits per heavy atom. The van der Waals surface area contributed by atoms with Gasteiger partial charge in [0.25, 0.3) is 0 Å². The molecular weight excluding hydrogens is 162 g/mol. The summed E-state index contributed by atoms with van der Waals surface area (Å²) in [7, 11) is 0. The van der Waals surface area contributed by atoms with E-state index in [4.69, 9.17) is 4.74 Å². The van der Waals surface area contributed by atoms with E-state index in [1.807, 2.05) is 0 Å². The quantitative estimate of drug-likeness (QED) is 0.655. The average molecular weight is 185 g/mol. The van der Waals surface area contributed by atoms with Gasteiger partial charge < -0.3 is 4.74 Å². The minimum atomic E-state index is 0.00625. The summed E-state index contributed by atoms with van der Waals surface area (Å²) in [6, 6.07) is 0. The number of hydrogen-bond donors (Lipinski definition) is 0. The lowest BCUT2D eigenvalue weighted by atomic mass is 10.2. The van der Waals surface area contributed by atoms with Gasteiger partial charge in [-0.3, -0.25) is 4.90 Å². The van der Waals surface area contributed by atoms with Crippen molar-refractivity contribution in [2.45, 2.75) is 52.1 Å². The summed E-state index contributed by atoms with van der Waals surface area (Å²) >= 11 is 0. The Labute approximate surface area is 82.3 Å². The standard InChI is InChI=1S/C11H23NO/c1-11(2,3)13-10-12-8-6-4-5-7-9-12/h4-10H2,1-3H3. The normalized spacial score (nSPS) is 21.5. The fourth-order valence-corrected chi connectivity index (χ4v) is 1.55. The van der Waals surface area contributed by atoms with Crippen LogP contribution in [0.4, 0.5) is 0 Å². The van der Waals surface area contributed by atoms with Crippen molar-refractivity contribution in [2.75, 3.05) is 19.8 Å². The van der Waals surface area contributed by atoms with Crippen LogP contribution in [0.3, 0.4) is 0 Å². The highest BCUT2D eigenvalue weighted by atomic mass is 16.5. The van der Waals surface area contributed by atoms with Gasteiger partial charge in [0.05, 0.1) is 12.3 Å². The van der Waals surface area contributed by atoms with Crippen molar-refractivity contribution < 1.29 is 4.74 Å². The van der Waals surface area contributed by atoms with Crippen LogP contribution in [-0.2, 0) is 4.74 Å². The summed E-state index contributed by atoms with van der Waals surface area (Å²) in [5, 5.41) is 0. The first-order valence-electron chi connectivity index (χ1n) is 5.44. The van der Waals surface area contributed by atoms with E-state index in [-0.39, 0.29) is 5.60 Å². The molecule has 1 fully saturated rings. The number of nitrogens with zero attached hydrogens (tertiary/aromatic N) is 1. The van der Waals surface area contributed by atoms with Gasteiger partial charge in [0, 0.05) is 13.1 Å². The SMILES string of the molecule is CC(C)(C)OCN1CCCCCC1. The van der Waals surface area contributed by atoms with Crippen LogP contribution >= 0.6 is 0 Å². The Morgan fingerprint density at radius 1 is 1.00 bits per heavy atom. The van der Waals surface area contributed by atoms with Gasteiger partial charge in [-0.25, -0.2) is 0 Å². The lowest BCUT2D eigenvalue weighted by Gasteiger charge is -2.26. The topological polar surface area (TPSA) is 12.5 Å². The van der Waals surface area contributed by atoms with Crippen molar-refractivity contribution in [3.63, 3.8) is 0 Å². The van der Waals surface area contributed by atoms with Gasteiger partial charge in [0.1, 0.15) is 0 Å². The molecular formula is C11H23NO. The maximum atomic E-state index is 5.75. The molecule has 0 spiro atoms. The molecule has 2 heteroatoms. The maximum Gasteiger partial charge on any atom is 0.0997 e. The van der Waals surface area contributed by atoms with E-state index in [0.29, 0.717) is 0 Å². The Balaban J connectivity index is 2.19. The molecule has 78 valence electrons. The van der Waals surface area contributed by atoms with E-state index in [1.54, 1.807) is 0 Å². The molecule has 0 aromatic carbocycles. The average Bonchev–Trinajstić information content (AvgIpc) is 2.26. The summed E-state index contributed by atoms with van der Waals surface area (Å²) in [6.07, 6.45) is 5.47. The van der Waals surface area contributed by atoms with Crippen molar-refractivity contribution >= 4 is 0 Å². The molecule has 13 heavy (non-hydrogen) atoms. The number of hydrogen-bond acceptors (Lipinski definition) is 2. The molecule has 0 amide bonds. The number of likely N-dealkylation sites (tertiary alicyclic amines) is 1. The Hall–Kier alpha value is -0.0800. The third kappa shape index (κ3) is 5.27. The first-order chi connectivity index (χ1) is 6.08. The molecule has 2 nitrogen and oxygen atoms in total. The van der Waals surface area contributed by atoms with Gasteiger partial charge in [-0.15, -0.1) is 0 Å². The zero-order chi connectivity index (χ0) is 9.73. The largest absolute Gasteiger partial charge is 0.360 e. The van der Waals surface area contributed by atoms with E-state index in [1.165, 1.54) is 38.8 Å². The van der Waals surface area contributed by atoms with Crippen LogP contribution in [-0.4, -0.2) is 30.3 Å². The first-order valence-corrected chi connectivity index (χ1v) is 5.44. The Morgan fingerprint density at radius 2 is 1.54 bits per heavy atom. The van der Waals surface area contributed by atoms with E-state index in [9.17, 15) is 0 Å². The van der Waals surface area contributed by atoms with Gasteiger partial charge in [-0.05, 0) is 33.6 Å². The molecule has 0 bridgehead atoms. The molecule has 0 unspecified atom stereocenters. The molecule has 1 rings (SSSR count). The van der Waals surface area contributed by atoms with Crippen LogP contribution in [0.25, 0.3) is 0 Å². The zero-order valence-electron chi connectivity index (χ0n) is 9.31. The third-order valence-corrected chi connectivity index (χ3v) is 2.38. The smallest absolute Gasteiger partial charge is 0.0997 e. The van der Waals surface area contributed by atoms with E-state index < -0.39 is 0 Å². The van der Waals surface area contributed by atoms with Gasteiger partial charge in [0.15, 0.2) is 0 Å². The molecule has 1 saturated heterocycles. The van der Waals surface area contributed by atoms with E-state index in [0.717, 1.165) is 6.73 Å². The highest BCUT2D eigenvalue weighted by Gasteiger charge is 2.14. The van der Waals surface area contributed by atoms with E-state index in [2.05, 4.69) is 25.7 Å². The molecule has 0 aromatic heterocycles. The first kappa shape index (κ1) is 11.0. The van der Waals surface area contributed by atoms with Crippen molar-refractivity contribution in [2.24, 2.45) is 0 Å². The van der Waals surface area contributed by atoms with Crippen LogP contribution < -0.4 is 0 Å². The van der Waals surface area contributed by atoms with Crippen molar-refractivity contribution in [3.8, 4) is 0 Å². The van der Waals surface area contributed by atoms with Crippen LogP contribution in [0.2, 0.25) is 0 Å². The minimum absolute atomic E-state index is 0.00625. The van der Waals surface area contributed by atoms with Gasteiger partial charge in [0.2, 0.25) is 0 Å². The Kier molecular flexibility index (Phi) is 4.20. The molecule has 0 radical (unpaired) electrons. The molecule has 1 aliphatic heterocycles. The number of ether oxygens (including phenoxy) is 1. The molecule has 0 aromatic rings. The highest BCUT2D eigenvalue weighted by molar-refractivity contribution is 4.63. The fourth-order valence-electron chi connectivity index (χ4n) is 1.55. The second-order valence-corrected chi connectivity index (χ2v) is 4.92. The number of rotatable bonds is 2. The second kappa shape index (κ2) is 4.97. The van der Waals surface area contributed by atoms with Crippen molar-refractivity contribution in [1.29, 1.82) is 0 Å². The molecule has 1 aliphatic rings. The molecule has 1 heterocycles. The van der Waals surface area contributed by atoms with Gasteiger partial charge in [-0.2, -0.15) is 0 Å². The second-order valence-electron chi connectivity index (χ2n) is 4.92. The molecule has 0 aliphatic carbocycles. The fraction of sp³-hybridized carbons (Fsp3) is 1.00. The minimum Gasteiger partial charge on any atom is -0.360 e. The van der Waals surface area contributed by atoms with E-state index >= 15 is 0 Å². The van der Waals surface area contributed by atoms with Crippen molar-refractivity contribution in [3.05, 3.63) is 0 Å². The lowest BCUT2D eigenvalue weighted by Crippen LogP contribution is -2.32. The van der Waals surface area contributed by atoms with Crippen LogP contribution in [0, 0.1) is 0 Å². The van der Waals surface area contributed by atoms with Gasteiger partial charge >= 0.3 is 0 Å². The van der Waals surface area contributed by atoms with Crippen LogP contribution in [0.5, 0.6) is 0 Å². The van der Waals surface area contributed by atoms with Crippen LogP contribution in [0.15, 0.2) is 0 Å². The predicted molar refractivity (Wildman–Crippen MR) is 55.7 cm³/mol. The third-order valence-electron chi connectivity index (χ3n) is 2.38. The Bertz CT molecular complexity index is 132. The molecule has 0 saturated carbocycles. The molecule has 0 N–H and O–H groups in total. The monoisotopic (exact) mass is 185 g/mol. The summed E-state index contributed by atoms with van der Waals surface area (Å²) in [4.78, 5) is 2.43. The molecule has 0 atom stereocenters. The van der Waals surface area contributed by atoms with Gasteiger partial charge in [-0.1, -0.05) is 12.8 Å².